The summed E-state index contributed by atoms with van der Waals surface area (Å²) in [7, 11) is 0. The number of hydrogen-bond donors (Lipinski definition) is 1. The maximum atomic E-state index is 6.16. The van der Waals surface area contributed by atoms with E-state index in [-0.39, 0.29) is 0 Å². The number of aromatic nitrogens is 3. The molecular weight excluding hydrogens is 332 g/mol. The predicted molar refractivity (Wildman–Crippen MR) is 101 cm³/mol. The summed E-state index contributed by atoms with van der Waals surface area (Å²) in [4.78, 5) is 4.92. The van der Waals surface area contributed by atoms with E-state index < -0.39 is 0 Å². The molecule has 0 aliphatic heterocycles. The van der Waals surface area contributed by atoms with E-state index in [2.05, 4.69) is 11.4 Å². The number of benzene rings is 1. The van der Waals surface area contributed by atoms with Gasteiger partial charge in [-0.25, -0.2) is 4.98 Å². The van der Waals surface area contributed by atoms with Gasteiger partial charge in [0.15, 0.2) is 5.65 Å². The number of anilines is 1. The summed E-state index contributed by atoms with van der Waals surface area (Å²) in [5.41, 5.74) is 5.49. The molecular formula is C20H21ClN4. The van der Waals surface area contributed by atoms with E-state index >= 15 is 0 Å². The van der Waals surface area contributed by atoms with Crippen molar-refractivity contribution in [3.63, 3.8) is 0 Å². The van der Waals surface area contributed by atoms with Gasteiger partial charge >= 0.3 is 0 Å². The molecule has 2 heterocycles. The number of hydrogen-bond acceptors (Lipinski definition) is 3. The van der Waals surface area contributed by atoms with Gasteiger partial charge in [0, 0.05) is 34.5 Å². The highest BCUT2D eigenvalue weighted by Gasteiger charge is 2.24. The van der Waals surface area contributed by atoms with E-state index in [1.54, 1.807) is 0 Å². The van der Waals surface area contributed by atoms with Gasteiger partial charge in [0.1, 0.15) is 5.82 Å². The highest BCUT2D eigenvalue weighted by Crippen LogP contribution is 2.33. The topological polar surface area (TPSA) is 42.2 Å². The molecule has 3 aromatic rings. The van der Waals surface area contributed by atoms with Crippen molar-refractivity contribution < 1.29 is 0 Å². The first-order valence-corrected chi connectivity index (χ1v) is 9.57. The minimum Gasteiger partial charge on any atom is -0.369 e. The highest BCUT2D eigenvalue weighted by atomic mass is 35.5. The Hall–Kier alpha value is -2.07. The van der Waals surface area contributed by atoms with Crippen molar-refractivity contribution in [1.29, 1.82) is 0 Å². The van der Waals surface area contributed by atoms with Gasteiger partial charge in [-0.3, -0.25) is 0 Å². The van der Waals surface area contributed by atoms with Gasteiger partial charge in [-0.2, -0.15) is 9.61 Å². The molecule has 1 aromatic carbocycles. The van der Waals surface area contributed by atoms with Crippen LogP contribution in [0.4, 0.5) is 5.82 Å². The molecule has 4 nitrogen and oxygen atoms in total. The van der Waals surface area contributed by atoms with Crippen molar-refractivity contribution in [3.8, 4) is 11.3 Å². The zero-order chi connectivity index (χ0) is 16.8. The Kier molecular flexibility index (Phi) is 3.66. The zero-order valence-corrected chi connectivity index (χ0v) is 14.9. The third kappa shape index (κ3) is 2.89. The lowest BCUT2D eigenvalue weighted by molar-refractivity contribution is 0.660. The van der Waals surface area contributed by atoms with E-state index in [1.807, 2.05) is 28.8 Å². The third-order valence-corrected chi connectivity index (χ3v) is 5.49. The van der Waals surface area contributed by atoms with Gasteiger partial charge in [0.2, 0.25) is 0 Å². The molecule has 1 N–H and O–H groups in total. The molecule has 0 amide bonds. The number of nitrogens with one attached hydrogen (secondary N) is 1. The summed E-state index contributed by atoms with van der Waals surface area (Å²) >= 11 is 6.16. The summed E-state index contributed by atoms with van der Waals surface area (Å²) in [6, 6.07) is 9.93. The summed E-state index contributed by atoms with van der Waals surface area (Å²) in [5, 5.41) is 9.28. The lowest BCUT2D eigenvalue weighted by Crippen LogP contribution is -2.16. The fourth-order valence-corrected chi connectivity index (χ4v) is 3.87. The van der Waals surface area contributed by atoms with Crippen molar-refractivity contribution in [3.05, 3.63) is 46.6 Å². The molecule has 0 atom stereocenters. The predicted octanol–water partition coefficient (Wildman–Crippen LogP) is 4.75. The molecule has 5 rings (SSSR count). The Balaban J connectivity index is 1.64. The van der Waals surface area contributed by atoms with Crippen LogP contribution in [0.3, 0.4) is 0 Å². The van der Waals surface area contributed by atoms with Crippen LogP contribution in [0.2, 0.25) is 5.02 Å². The summed E-state index contributed by atoms with van der Waals surface area (Å²) in [6.45, 7) is 1.04. The van der Waals surface area contributed by atoms with Gasteiger partial charge in [-0.1, -0.05) is 23.7 Å². The Labute approximate surface area is 152 Å². The van der Waals surface area contributed by atoms with Crippen LogP contribution in [0.5, 0.6) is 0 Å². The first-order valence-electron chi connectivity index (χ1n) is 9.19. The van der Waals surface area contributed by atoms with Crippen LogP contribution in [0.1, 0.15) is 36.9 Å². The van der Waals surface area contributed by atoms with Crippen LogP contribution in [0.25, 0.3) is 16.9 Å². The molecule has 1 fully saturated rings. The smallest absolute Gasteiger partial charge is 0.158 e. The molecule has 1 saturated carbocycles. The fourth-order valence-electron chi connectivity index (χ4n) is 3.68. The van der Waals surface area contributed by atoms with Crippen LogP contribution in [0, 0.1) is 5.92 Å². The van der Waals surface area contributed by atoms with Crippen LogP contribution in [0.15, 0.2) is 30.3 Å². The number of rotatable bonds is 4. The van der Waals surface area contributed by atoms with Crippen LogP contribution < -0.4 is 5.32 Å². The average Bonchev–Trinajstić information content (AvgIpc) is 3.36. The molecule has 0 saturated heterocycles. The first-order chi connectivity index (χ1) is 12.3. The first kappa shape index (κ1) is 15.2. The van der Waals surface area contributed by atoms with Crippen LogP contribution in [-0.2, 0) is 12.8 Å². The van der Waals surface area contributed by atoms with E-state index in [1.165, 1.54) is 36.9 Å². The normalized spacial score (nSPS) is 16.8. The minimum absolute atomic E-state index is 0.730. The fraction of sp³-hybridized carbons (Fsp3) is 0.400. The molecule has 0 bridgehead atoms. The number of fused-ring (bicyclic) bond motifs is 2. The van der Waals surface area contributed by atoms with Crippen LogP contribution in [-0.4, -0.2) is 21.1 Å². The van der Waals surface area contributed by atoms with Gasteiger partial charge < -0.3 is 5.32 Å². The second-order valence-electron chi connectivity index (χ2n) is 7.23. The number of halogens is 1. The maximum Gasteiger partial charge on any atom is 0.158 e. The second kappa shape index (κ2) is 6.03. The Morgan fingerprint density at radius 1 is 1.16 bits per heavy atom. The molecule has 5 heteroatoms. The van der Waals surface area contributed by atoms with E-state index in [9.17, 15) is 0 Å². The van der Waals surface area contributed by atoms with Gasteiger partial charge in [0.05, 0.1) is 5.69 Å². The maximum absolute atomic E-state index is 6.16. The molecule has 2 aliphatic carbocycles. The highest BCUT2D eigenvalue weighted by molar-refractivity contribution is 6.30. The largest absolute Gasteiger partial charge is 0.369 e. The Morgan fingerprint density at radius 3 is 2.88 bits per heavy atom. The van der Waals surface area contributed by atoms with Crippen molar-refractivity contribution in [2.45, 2.75) is 38.5 Å². The van der Waals surface area contributed by atoms with Gasteiger partial charge in [-0.15, -0.1) is 0 Å². The molecule has 0 spiro atoms. The standard InChI is InChI=1S/C20H21ClN4/c21-15-5-3-4-14(10-15)18-11-19-23-17-7-2-1-6-16(17)20(25(19)24-18)22-12-13-8-9-13/h3-5,10-11,13,22H,1-2,6-9,12H2. The van der Waals surface area contributed by atoms with Gasteiger partial charge in [-0.05, 0) is 56.6 Å². The van der Waals surface area contributed by atoms with Crippen LogP contribution >= 0.6 is 11.6 Å². The molecule has 0 radical (unpaired) electrons. The average molecular weight is 353 g/mol. The lowest BCUT2D eigenvalue weighted by Gasteiger charge is -2.20. The molecule has 25 heavy (non-hydrogen) atoms. The molecule has 0 unspecified atom stereocenters. The monoisotopic (exact) mass is 352 g/mol. The Bertz CT molecular complexity index is 942. The summed E-state index contributed by atoms with van der Waals surface area (Å²) in [6.07, 6.45) is 7.32. The Morgan fingerprint density at radius 2 is 2.04 bits per heavy atom. The minimum atomic E-state index is 0.730. The third-order valence-electron chi connectivity index (χ3n) is 5.25. The second-order valence-corrected chi connectivity index (χ2v) is 7.66. The number of aryl methyl sites for hydroxylation is 1. The van der Waals surface area contributed by atoms with E-state index in [4.69, 9.17) is 21.7 Å². The molecule has 128 valence electrons. The van der Waals surface area contributed by atoms with Crippen molar-refractivity contribution in [1.82, 2.24) is 14.6 Å². The summed E-state index contributed by atoms with van der Waals surface area (Å²) in [5.74, 6) is 1.98. The lowest BCUT2D eigenvalue weighted by atomic mass is 9.96. The van der Waals surface area contributed by atoms with E-state index in [0.29, 0.717) is 0 Å². The number of nitrogens with zero attached hydrogens (tertiary/aromatic N) is 3. The SMILES string of the molecule is Clc1cccc(-c2cc3nc4c(c(NCC5CC5)n3n2)CCCC4)c1. The van der Waals surface area contributed by atoms with Crippen molar-refractivity contribution >= 4 is 23.1 Å². The van der Waals surface area contributed by atoms with E-state index in [0.717, 1.165) is 53.0 Å². The van der Waals surface area contributed by atoms with Crippen molar-refractivity contribution in [2.24, 2.45) is 5.92 Å². The van der Waals surface area contributed by atoms with Crippen molar-refractivity contribution in [2.75, 3.05) is 11.9 Å². The quantitative estimate of drug-likeness (QED) is 0.736. The summed E-state index contributed by atoms with van der Waals surface area (Å²) < 4.78 is 2.00. The molecule has 2 aliphatic rings. The van der Waals surface area contributed by atoms with Gasteiger partial charge in [0.25, 0.3) is 0 Å². The zero-order valence-electron chi connectivity index (χ0n) is 14.1. The molecule has 2 aromatic heterocycles.